The molecule has 0 aliphatic rings. The Bertz CT molecular complexity index is 1270. The topological polar surface area (TPSA) is 139 Å². The first kappa shape index (κ1) is 20.6. The number of hydrogen-bond donors (Lipinski definition) is 4. The van der Waals surface area contributed by atoms with Gasteiger partial charge in [0, 0.05) is 28.6 Å². The van der Waals surface area contributed by atoms with E-state index < -0.39 is 23.6 Å². The predicted octanol–water partition coefficient (Wildman–Crippen LogP) is 3.55. The third kappa shape index (κ3) is 4.56. The number of nitrogens with one attached hydrogen (secondary N) is 3. The standard InChI is InChI=1S/C21H15F2N7O2/c22-13-7-14(23)9-16(8-13)26-21(32)25-15-5-6-17(18(10-15)20-27-29-30-28-20)11-1-3-12(4-2-11)19(24)31/h1-10H,(H2,24,31)(H2,25,26,32)(H,27,28,29,30). The van der Waals surface area contributed by atoms with Gasteiger partial charge in [-0.2, -0.15) is 5.21 Å². The van der Waals surface area contributed by atoms with E-state index in [1.54, 1.807) is 42.5 Å². The molecule has 9 nitrogen and oxygen atoms in total. The smallest absolute Gasteiger partial charge is 0.323 e. The number of aromatic nitrogens is 4. The van der Waals surface area contributed by atoms with E-state index in [4.69, 9.17) is 5.73 Å². The van der Waals surface area contributed by atoms with Gasteiger partial charge in [-0.15, -0.1) is 10.2 Å². The minimum atomic E-state index is -0.814. The third-order valence-corrected chi connectivity index (χ3v) is 4.46. The lowest BCUT2D eigenvalue weighted by Crippen LogP contribution is -2.19. The zero-order valence-electron chi connectivity index (χ0n) is 16.3. The summed E-state index contributed by atoms with van der Waals surface area (Å²) in [4.78, 5) is 23.6. The number of benzene rings is 3. The first-order valence-corrected chi connectivity index (χ1v) is 9.21. The van der Waals surface area contributed by atoms with Crippen molar-refractivity contribution in [2.24, 2.45) is 5.73 Å². The molecular formula is C21H15F2N7O2. The molecule has 32 heavy (non-hydrogen) atoms. The molecule has 3 amide bonds. The number of tetrazole rings is 1. The Morgan fingerprint density at radius 2 is 1.53 bits per heavy atom. The molecule has 11 heteroatoms. The Morgan fingerprint density at radius 3 is 2.16 bits per heavy atom. The van der Waals surface area contributed by atoms with Crippen molar-refractivity contribution >= 4 is 23.3 Å². The van der Waals surface area contributed by atoms with Gasteiger partial charge < -0.3 is 16.4 Å². The van der Waals surface area contributed by atoms with Gasteiger partial charge in [-0.1, -0.05) is 18.2 Å². The maximum atomic E-state index is 13.3. The highest BCUT2D eigenvalue weighted by Gasteiger charge is 2.14. The zero-order chi connectivity index (χ0) is 22.7. The summed E-state index contributed by atoms with van der Waals surface area (Å²) in [6, 6.07) is 13.6. The molecule has 4 aromatic rings. The molecule has 0 saturated heterocycles. The summed E-state index contributed by atoms with van der Waals surface area (Å²) in [5.74, 6) is -1.90. The molecule has 0 atom stereocenters. The molecule has 5 N–H and O–H groups in total. The van der Waals surface area contributed by atoms with Crippen LogP contribution in [0.2, 0.25) is 0 Å². The lowest BCUT2D eigenvalue weighted by Gasteiger charge is -2.12. The van der Waals surface area contributed by atoms with Crippen LogP contribution < -0.4 is 16.4 Å². The number of aromatic amines is 1. The molecule has 0 radical (unpaired) electrons. The molecule has 0 spiro atoms. The van der Waals surface area contributed by atoms with Crippen molar-refractivity contribution in [1.82, 2.24) is 20.6 Å². The number of carbonyl (C=O) groups is 2. The number of H-pyrrole nitrogens is 1. The molecule has 160 valence electrons. The molecular weight excluding hydrogens is 420 g/mol. The second-order valence-corrected chi connectivity index (χ2v) is 6.67. The summed E-state index contributed by atoms with van der Waals surface area (Å²) >= 11 is 0. The van der Waals surface area contributed by atoms with Crippen molar-refractivity contribution in [3.8, 4) is 22.5 Å². The Balaban J connectivity index is 1.62. The third-order valence-electron chi connectivity index (χ3n) is 4.46. The summed E-state index contributed by atoms with van der Waals surface area (Å²) in [5, 5.41) is 18.9. The van der Waals surface area contributed by atoms with Gasteiger partial charge in [0.2, 0.25) is 11.7 Å². The summed E-state index contributed by atoms with van der Waals surface area (Å²) < 4.78 is 26.7. The largest absolute Gasteiger partial charge is 0.366 e. The van der Waals surface area contributed by atoms with Crippen LogP contribution in [0.25, 0.3) is 22.5 Å². The van der Waals surface area contributed by atoms with Crippen molar-refractivity contribution in [1.29, 1.82) is 0 Å². The molecule has 1 aromatic heterocycles. The molecule has 0 fully saturated rings. The Labute approximate surface area is 179 Å². The van der Waals surface area contributed by atoms with Crippen LogP contribution in [-0.4, -0.2) is 32.6 Å². The van der Waals surface area contributed by atoms with Crippen molar-refractivity contribution in [2.75, 3.05) is 10.6 Å². The number of anilines is 2. The second kappa shape index (κ2) is 8.60. The highest BCUT2D eigenvalue weighted by atomic mass is 19.1. The molecule has 0 aliphatic heterocycles. The van der Waals surface area contributed by atoms with Gasteiger partial charge in [-0.25, -0.2) is 13.6 Å². The summed E-state index contributed by atoms with van der Waals surface area (Å²) in [5.41, 5.74) is 7.98. The van der Waals surface area contributed by atoms with Crippen LogP contribution in [0.4, 0.5) is 25.0 Å². The molecule has 0 saturated carbocycles. The maximum absolute atomic E-state index is 13.3. The highest BCUT2D eigenvalue weighted by molar-refractivity contribution is 6.00. The zero-order valence-corrected chi connectivity index (χ0v) is 16.3. The van der Waals surface area contributed by atoms with E-state index in [1.807, 2.05) is 0 Å². The van der Waals surface area contributed by atoms with Crippen LogP contribution in [0.1, 0.15) is 10.4 Å². The number of hydrogen-bond acceptors (Lipinski definition) is 5. The number of primary amides is 1. The summed E-state index contributed by atoms with van der Waals surface area (Å²) in [7, 11) is 0. The lowest BCUT2D eigenvalue weighted by molar-refractivity contribution is 0.1000. The van der Waals surface area contributed by atoms with Crippen LogP contribution in [0.15, 0.2) is 60.7 Å². The van der Waals surface area contributed by atoms with Crippen LogP contribution in [0.3, 0.4) is 0 Å². The van der Waals surface area contributed by atoms with Crippen molar-refractivity contribution in [3.05, 3.63) is 77.9 Å². The number of amides is 3. The van der Waals surface area contributed by atoms with E-state index in [-0.39, 0.29) is 11.5 Å². The highest BCUT2D eigenvalue weighted by Crippen LogP contribution is 2.32. The minimum Gasteiger partial charge on any atom is -0.366 e. The molecule has 3 aromatic carbocycles. The van der Waals surface area contributed by atoms with Gasteiger partial charge in [-0.05, 0) is 52.7 Å². The van der Waals surface area contributed by atoms with Gasteiger partial charge in [0.15, 0.2) is 0 Å². The predicted molar refractivity (Wildman–Crippen MR) is 113 cm³/mol. The minimum absolute atomic E-state index is 0.0375. The number of nitrogens with two attached hydrogens (primary N) is 1. The number of carbonyl (C=O) groups excluding carboxylic acids is 2. The quantitative estimate of drug-likeness (QED) is 0.380. The molecule has 1 heterocycles. The van der Waals surface area contributed by atoms with E-state index in [0.29, 0.717) is 28.4 Å². The Hall–Kier alpha value is -4.67. The van der Waals surface area contributed by atoms with Crippen LogP contribution in [0.5, 0.6) is 0 Å². The first-order valence-electron chi connectivity index (χ1n) is 9.21. The van der Waals surface area contributed by atoms with Crippen LogP contribution in [-0.2, 0) is 0 Å². The SMILES string of the molecule is NC(=O)c1ccc(-c2ccc(NC(=O)Nc3cc(F)cc(F)c3)cc2-c2nn[nH]n2)cc1. The number of nitrogens with zero attached hydrogens (tertiary/aromatic N) is 3. The summed E-state index contributed by atoms with van der Waals surface area (Å²) in [6.45, 7) is 0. The number of urea groups is 1. The van der Waals surface area contributed by atoms with Gasteiger partial charge in [0.05, 0.1) is 0 Å². The van der Waals surface area contributed by atoms with E-state index in [9.17, 15) is 18.4 Å². The summed E-state index contributed by atoms with van der Waals surface area (Å²) in [6.07, 6.45) is 0. The molecule has 0 unspecified atom stereocenters. The van der Waals surface area contributed by atoms with Gasteiger partial charge >= 0.3 is 6.03 Å². The monoisotopic (exact) mass is 435 g/mol. The van der Waals surface area contributed by atoms with E-state index in [0.717, 1.165) is 17.7 Å². The lowest BCUT2D eigenvalue weighted by atomic mass is 9.97. The van der Waals surface area contributed by atoms with Gasteiger partial charge in [-0.3, -0.25) is 4.79 Å². The van der Waals surface area contributed by atoms with E-state index in [2.05, 4.69) is 31.3 Å². The molecule has 0 aliphatic carbocycles. The number of halogens is 2. The van der Waals surface area contributed by atoms with Gasteiger partial charge in [0.25, 0.3) is 0 Å². The molecule has 0 bridgehead atoms. The fraction of sp³-hybridized carbons (Fsp3) is 0. The fourth-order valence-corrected chi connectivity index (χ4v) is 3.07. The van der Waals surface area contributed by atoms with Crippen molar-refractivity contribution in [2.45, 2.75) is 0 Å². The number of rotatable bonds is 5. The Kier molecular flexibility index (Phi) is 5.53. The average molecular weight is 435 g/mol. The van der Waals surface area contributed by atoms with Crippen LogP contribution >= 0.6 is 0 Å². The van der Waals surface area contributed by atoms with Gasteiger partial charge in [0.1, 0.15) is 11.6 Å². The maximum Gasteiger partial charge on any atom is 0.323 e. The normalized spacial score (nSPS) is 10.6. The van der Waals surface area contributed by atoms with Crippen molar-refractivity contribution in [3.63, 3.8) is 0 Å². The van der Waals surface area contributed by atoms with Crippen LogP contribution in [0, 0.1) is 11.6 Å². The second-order valence-electron chi connectivity index (χ2n) is 6.67. The van der Waals surface area contributed by atoms with Crippen molar-refractivity contribution < 1.29 is 18.4 Å². The Morgan fingerprint density at radius 1 is 0.844 bits per heavy atom. The van der Waals surface area contributed by atoms with E-state index in [1.165, 1.54) is 0 Å². The first-order chi connectivity index (χ1) is 15.4. The fourth-order valence-electron chi connectivity index (χ4n) is 3.07. The average Bonchev–Trinajstić information content (AvgIpc) is 3.28. The molecule has 4 rings (SSSR count). The van der Waals surface area contributed by atoms with E-state index >= 15 is 0 Å².